The second-order valence-corrected chi connectivity index (χ2v) is 5.42. The standard InChI is InChI=1S/C11H12N4O3S/c12-19(17,18)10-3-1-8(2-4-10)5-13-11(16)9-6-14-15-7-9/h1-4,6-7H,5H2,(H,13,16)(H,14,15)(H2,12,17,18). The van der Waals surface area contributed by atoms with Crippen LogP contribution in [0.3, 0.4) is 0 Å². The fourth-order valence-electron chi connectivity index (χ4n) is 1.46. The molecule has 0 fully saturated rings. The van der Waals surface area contributed by atoms with Crippen molar-refractivity contribution in [1.82, 2.24) is 15.5 Å². The molecule has 2 aromatic rings. The molecule has 0 unspecified atom stereocenters. The molecule has 1 aromatic carbocycles. The van der Waals surface area contributed by atoms with Gasteiger partial charge in [0.2, 0.25) is 10.0 Å². The van der Waals surface area contributed by atoms with Gasteiger partial charge in [0.25, 0.3) is 5.91 Å². The van der Waals surface area contributed by atoms with Crippen molar-refractivity contribution in [1.29, 1.82) is 0 Å². The SMILES string of the molecule is NS(=O)(=O)c1ccc(CNC(=O)c2cn[nH]c2)cc1. The number of rotatable bonds is 4. The number of aromatic nitrogens is 2. The van der Waals surface area contributed by atoms with E-state index in [1.54, 1.807) is 12.1 Å². The normalized spacial score (nSPS) is 11.2. The minimum Gasteiger partial charge on any atom is -0.348 e. The van der Waals surface area contributed by atoms with Crippen molar-refractivity contribution in [2.75, 3.05) is 0 Å². The fourth-order valence-corrected chi connectivity index (χ4v) is 1.97. The molecule has 0 aliphatic heterocycles. The zero-order valence-corrected chi connectivity index (χ0v) is 10.6. The van der Waals surface area contributed by atoms with Gasteiger partial charge < -0.3 is 5.32 Å². The molecule has 0 atom stereocenters. The van der Waals surface area contributed by atoms with Gasteiger partial charge in [0.05, 0.1) is 16.7 Å². The van der Waals surface area contributed by atoms with Crippen LogP contribution in [-0.2, 0) is 16.6 Å². The zero-order chi connectivity index (χ0) is 13.9. The summed E-state index contributed by atoms with van der Waals surface area (Å²) < 4.78 is 22.1. The van der Waals surface area contributed by atoms with Crippen LogP contribution in [0.4, 0.5) is 0 Å². The quantitative estimate of drug-likeness (QED) is 0.729. The maximum absolute atomic E-state index is 11.6. The Kier molecular flexibility index (Phi) is 3.63. The number of carbonyl (C=O) groups excluding carboxylic acids is 1. The van der Waals surface area contributed by atoms with E-state index in [4.69, 9.17) is 5.14 Å². The molecule has 1 amide bonds. The average Bonchev–Trinajstić information content (AvgIpc) is 2.89. The molecule has 2 rings (SSSR count). The highest BCUT2D eigenvalue weighted by Crippen LogP contribution is 2.08. The van der Waals surface area contributed by atoms with Crippen LogP contribution in [0, 0.1) is 0 Å². The number of carbonyl (C=O) groups is 1. The Labute approximate surface area is 109 Å². The number of nitrogens with one attached hydrogen (secondary N) is 2. The van der Waals surface area contributed by atoms with Gasteiger partial charge in [-0.3, -0.25) is 9.89 Å². The van der Waals surface area contributed by atoms with Gasteiger partial charge in [0.1, 0.15) is 0 Å². The van der Waals surface area contributed by atoms with E-state index in [2.05, 4.69) is 15.5 Å². The Hall–Kier alpha value is -2.19. The zero-order valence-electron chi connectivity index (χ0n) is 9.83. The van der Waals surface area contributed by atoms with E-state index in [9.17, 15) is 13.2 Å². The fraction of sp³-hybridized carbons (Fsp3) is 0.0909. The number of aromatic amines is 1. The first-order valence-electron chi connectivity index (χ1n) is 5.35. The molecule has 0 radical (unpaired) electrons. The van der Waals surface area contributed by atoms with E-state index < -0.39 is 10.0 Å². The third-order valence-electron chi connectivity index (χ3n) is 2.47. The number of hydrogen-bond acceptors (Lipinski definition) is 4. The van der Waals surface area contributed by atoms with E-state index in [1.165, 1.54) is 24.5 Å². The number of nitrogens with zero attached hydrogens (tertiary/aromatic N) is 1. The molecule has 100 valence electrons. The third kappa shape index (κ3) is 3.39. The van der Waals surface area contributed by atoms with Crippen molar-refractivity contribution in [2.45, 2.75) is 11.4 Å². The minimum atomic E-state index is -3.69. The lowest BCUT2D eigenvalue weighted by Gasteiger charge is -2.04. The Morgan fingerprint density at radius 1 is 1.32 bits per heavy atom. The number of H-pyrrole nitrogens is 1. The molecule has 4 N–H and O–H groups in total. The summed E-state index contributed by atoms with van der Waals surface area (Å²) in [4.78, 5) is 11.7. The van der Waals surface area contributed by atoms with Gasteiger partial charge in [0, 0.05) is 12.7 Å². The molecule has 1 heterocycles. The van der Waals surface area contributed by atoms with Crippen molar-refractivity contribution in [2.24, 2.45) is 5.14 Å². The first-order valence-corrected chi connectivity index (χ1v) is 6.90. The summed E-state index contributed by atoms with van der Waals surface area (Å²) in [5.41, 5.74) is 1.20. The molecule has 0 aliphatic carbocycles. The molecule has 19 heavy (non-hydrogen) atoms. The number of sulfonamides is 1. The van der Waals surface area contributed by atoms with E-state index in [0.29, 0.717) is 5.56 Å². The third-order valence-corrected chi connectivity index (χ3v) is 3.39. The van der Waals surface area contributed by atoms with Crippen LogP contribution in [0.25, 0.3) is 0 Å². The van der Waals surface area contributed by atoms with Crippen LogP contribution in [0.15, 0.2) is 41.6 Å². The molecule has 0 aliphatic rings. The Morgan fingerprint density at radius 3 is 2.53 bits per heavy atom. The van der Waals surface area contributed by atoms with Gasteiger partial charge in [0.15, 0.2) is 0 Å². The lowest BCUT2D eigenvalue weighted by Crippen LogP contribution is -2.22. The monoisotopic (exact) mass is 280 g/mol. The van der Waals surface area contributed by atoms with Gasteiger partial charge in [-0.1, -0.05) is 12.1 Å². The predicted molar refractivity (Wildman–Crippen MR) is 67.6 cm³/mol. The summed E-state index contributed by atoms with van der Waals surface area (Å²) in [6.07, 6.45) is 2.90. The second kappa shape index (κ2) is 5.21. The molecule has 0 spiro atoms. The van der Waals surface area contributed by atoms with Crippen LogP contribution in [0.2, 0.25) is 0 Å². The lowest BCUT2D eigenvalue weighted by molar-refractivity contribution is 0.0951. The topological polar surface area (TPSA) is 118 Å². The Balaban J connectivity index is 1.99. The number of nitrogens with two attached hydrogens (primary N) is 1. The van der Waals surface area contributed by atoms with Gasteiger partial charge in [-0.05, 0) is 17.7 Å². The van der Waals surface area contributed by atoms with Crippen LogP contribution in [-0.4, -0.2) is 24.5 Å². The van der Waals surface area contributed by atoms with Crippen molar-refractivity contribution in [3.8, 4) is 0 Å². The van der Waals surface area contributed by atoms with Crippen molar-refractivity contribution >= 4 is 15.9 Å². The number of hydrogen-bond donors (Lipinski definition) is 3. The molecule has 1 aromatic heterocycles. The van der Waals surface area contributed by atoms with Crippen molar-refractivity contribution < 1.29 is 13.2 Å². The molecule has 7 nitrogen and oxygen atoms in total. The summed E-state index contributed by atoms with van der Waals surface area (Å²) in [7, 11) is -3.69. The molecule has 0 saturated carbocycles. The molecular formula is C11H12N4O3S. The van der Waals surface area contributed by atoms with Crippen LogP contribution in [0.5, 0.6) is 0 Å². The number of amides is 1. The van der Waals surface area contributed by atoms with Crippen LogP contribution < -0.4 is 10.5 Å². The largest absolute Gasteiger partial charge is 0.348 e. The highest BCUT2D eigenvalue weighted by molar-refractivity contribution is 7.89. The summed E-state index contributed by atoms with van der Waals surface area (Å²) in [6, 6.07) is 5.98. The van der Waals surface area contributed by atoms with Gasteiger partial charge >= 0.3 is 0 Å². The van der Waals surface area contributed by atoms with E-state index in [1.807, 2.05) is 0 Å². The second-order valence-electron chi connectivity index (χ2n) is 3.86. The summed E-state index contributed by atoms with van der Waals surface area (Å²) in [5, 5.41) is 13.9. The smallest absolute Gasteiger partial charge is 0.254 e. The maximum Gasteiger partial charge on any atom is 0.254 e. The van der Waals surface area contributed by atoms with Crippen LogP contribution in [0.1, 0.15) is 15.9 Å². The van der Waals surface area contributed by atoms with Gasteiger partial charge in [-0.15, -0.1) is 0 Å². The van der Waals surface area contributed by atoms with E-state index >= 15 is 0 Å². The molecular weight excluding hydrogens is 268 g/mol. The molecule has 8 heteroatoms. The number of primary sulfonamides is 1. The first kappa shape index (κ1) is 13.2. The maximum atomic E-state index is 11.6. The number of benzene rings is 1. The highest BCUT2D eigenvalue weighted by atomic mass is 32.2. The Bertz CT molecular complexity index is 662. The average molecular weight is 280 g/mol. The highest BCUT2D eigenvalue weighted by Gasteiger charge is 2.08. The van der Waals surface area contributed by atoms with Crippen molar-refractivity contribution in [3.05, 3.63) is 47.8 Å². The lowest BCUT2D eigenvalue weighted by atomic mass is 10.2. The summed E-state index contributed by atoms with van der Waals surface area (Å²) >= 11 is 0. The Morgan fingerprint density at radius 2 is 2.00 bits per heavy atom. The van der Waals surface area contributed by atoms with Crippen LogP contribution >= 0.6 is 0 Å². The summed E-state index contributed by atoms with van der Waals surface area (Å²) in [5.74, 6) is -0.260. The van der Waals surface area contributed by atoms with Crippen molar-refractivity contribution in [3.63, 3.8) is 0 Å². The van der Waals surface area contributed by atoms with Gasteiger partial charge in [-0.25, -0.2) is 13.6 Å². The van der Waals surface area contributed by atoms with E-state index in [0.717, 1.165) is 5.56 Å². The molecule has 0 saturated heterocycles. The summed E-state index contributed by atoms with van der Waals surface area (Å²) in [6.45, 7) is 0.287. The van der Waals surface area contributed by atoms with Gasteiger partial charge in [-0.2, -0.15) is 5.10 Å². The minimum absolute atomic E-state index is 0.0393. The first-order chi connectivity index (χ1) is 8.97. The van der Waals surface area contributed by atoms with E-state index in [-0.39, 0.29) is 17.3 Å². The predicted octanol–water partition coefficient (Wildman–Crippen LogP) is -0.0129. The molecule has 0 bridgehead atoms.